The van der Waals surface area contributed by atoms with E-state index >= 15 is 0 Å². The number of anilines is 2. The Balaban J connectivity index is 1.40. The van der Waals surface area contributed by atoms with Crippen LogP contribution in [0.3, 0.4) is 0 Å². The van der Waals surface area contributed by atoms with Gasteiger partial charge >= 0.3 is 0 Å². The summed E-state index contributed by atoms with van der Waals surface area (Å²) < 4.78 is 5.25. The Hall–Kier alpha value is -3.04. The third-order valence-electron chi connectivity index (χ3n) is 5.89. The van der Waals surface area contributed by atoms with E-state index in [2.05, 4.69) is 28.0 Å². The van der Waals surface area contributed by atoms with E-state index in [4.69, 9.17) is 10.00 Å². The summed E-state index contributed by atoms with van der Waals surface area (Å²) in [6.07, 6.45) is 1.88. The van der Waals surface area contributed by atoms with Crippen LogP contribution in [0.1, 0.15) is 18.4 Å². The van der Waals surface area contributed by atoms with E-state index in [1.807, 2.05) is 29.2 Å². The molecule has 0 aromatic heterocycles. The average molecular weight is 390 g/mol. The van der Waals surface area contributed by atoms with Crippen molar-refractivity contribution in [3.8, 4) is 11.8 Å². The quantitative estimate of drug-likeness (QED) is 0.803. The van der Waals surface area contributed by atoms with E-state index in [1.165, 1.54) is 5.69 Å². The van der Waals surface area contributed by atoms with Crippen molar-refractivity contribution in [2.24, 2.45) is 0 Å². The zero-order chi connectivity index (χ0) is 20.2. The Labute approximate surface area is 171 Å². The van der Waals surface area contributed by atoms with Crippen LogP contribution < -0.4 is 14.5 Å². The molecule has 2 aromatic carbocycles. The second kappa shape index (κ2) is 8.54. The van der Waals surface area contributed by atoms with Gasteiger partial charge in [-0.25, -0.2) is 0 Å². The molecule has 0 saturated carbocycles. The largest absolute Gasteiger partial charge is 0.497 e. The monoisotopic (exact) mass is 390 g/mol. The highest BCUT2D eigenvalue weighted by Crippen LogP contribution is 2.26. The van der Waals surface area contributed by atoms with Crippen LogP contribution in [0.5, 0.6) is 5.75 Å². The van der Waals surface area contributed by atoms with E-state index in [9.17, 15) is 4.79 Å². The summed E-state index contributed by atoms with van der Waals surface area (Å²) in [7, 11) is 1.68. The number of hydrogen-bond donors (Lipinski definition) is 0. The first-order chi connectivity index (χ1) is 14.2. The van der Waals surface area contributed by atoms with Crippen LogP contribution >= 0.6 is 0 Å². The van der Waals surface area contributed by atoms with Gasteiger partial charge in [0.2, 0.25) is 5.91 Å². The summed E-state index contributed by atoms with van der Waals surface area (Å²) >= 11 is 0. The van der Waals surface area contributed by atoms with Crippen LogP contribution in [0.2, 0.25) is 0 Å². The molecule has 1 atom stereocenters. The topological polar surface area (TPSA) is 59.8 Å². The van der Waals surface area contributed by atoms with Gasteiger partial charge in [0, 0.05) is 44.1 Å². The maximum absolute atomic E-state index is 13.1. The summed E-state index contributed by atoms with van der Waals surface area (Å²) in [4.78, 5) is 19.7. The number of nitriles is 1. The normalized spacial score (nSPS) is 20.4. The van der Waals surface area contributed by atoms with Gasteiger partial charge in [0.1, 0.15) is 5.75 Å². The lowest BCUT2D eigenvalue weighted by Crippen LogP contribution is -2.43. The molecule has 2 aromatic rings. The molecule has 2 aliphatic heterocycles. The molecule has 2 heterocycles. The van der Waals surface area contributed by atoms with Gasteiger partial charge in [0.15, 0.2) is 0 Å². The van der Waals surface area contributed by atoms with Crippen LogP contribution in [0.25, 0.3) is 0 Å². The van der Waals surface area contributed by atoms with Gasteiger partial charge in [0.05, 0.1) is 24.8 Å². The highest BCUT2D eigenvalue weighted by atomic mass is 16.5. The predicted octanol–water partition coefficient (Wildman–Crippen LogP) is 2.88. The minimum absolute atomic E-state index is 0.0542. The molecular formula is C23H26N4O2. The van der Waals surface area contributed by atoms with E-state index in [1.54, 1.807) is 19.2 Å². The standard InChI is InChI=1S/C23H26N4O2/c1-29-21-9-7-19(8-10-21)25-12-2-13-26(16-15-25)22-11-14-27(23(22)28)20-5-3-18(17-24)4-6-20/h3-10,22H,2,11-16H2,1H3/t22-/m0/s1. The lowest BCUT2D eigenvalue weighted by atomic mass is 10.2. The fourth-order valence-corrected chi connectivity index (χ4v) is 4.28. The molecule has 0 bridgehead atoms. The van der Waals surface area contributed by atoms with Crippen molar-refractivity contribution < 1.29 is 9.53 Å². The summed E-state index contributed by atoms with van der Waals surface area (Å²) in [5.74, 6) is 1.04. The van der Waals surface area contributed by atoms with Gasteiger partial charge in [-0.1, -0.05) is 0 Å². The molecule has 0 unspecified atom stereocenters. The molecule has 0 N–H and O–H groups in total. The Morgan fingerprint density at radius 1 is 0.931 bits per heavy atom. The van der Waals surface area contributed by atoms with Crippen LogP contribution in [0.4, 0.5) is 11.4 Å². The molecule has 0 radical (unpaired) electrons. The summed E-state index contributed by atoms with van der Waals surface area (Å²) in [5.41, 5.74) is 2.69. The molecule has 1 amide bonds. The van der Waals surface area contributed by atoms with Crippen molar-refractivity contribution in [1.29, 1.82) is 5.26 Å². The smallest absolute Gasteiger partial charge is 0.244 e. The van der Waals surface area contributed by atoms with Crippen molar-refractivity contribution in [2.75, 3.05) is 49.6 Å². The average Bonchev–Trinajstić information content (AvgIpc) is 2.99. The zero-order valence-electron chi connectivity index (χ0n) is 16.8. The number of ether oxygens (including phenoxy) is 1. The number of nitrogens with zero attached hydrogens (tertiary/aromatic N) is 4. The predicted molar refractivity (Wildman–Crippen MR) is 113 cm³/mol. The number of hydrogen-bond acceptors (Lipinski definition) is 5. The molecule has 6 heteroatoms. The molecule has 0 spiro atoms. The Kier molecular flexibility index (Phi) is 5.68. The van der Waals surface area contributed by atoms with Crippen molar-refractivity contribution in [3.05, 3.63) is 54.1 Å². The lowest BCUT2D eigenvalue weighted by Gasteiger charge is -2.27. The molecule has 29 heavy (non-hydrogen) atoms. The van der Waals surface area contributed by atoms with Crippen molar-refractivity contribution >= 4 is 17.3 Å². The first kappa shape index (κ1) is 19.3. The Morgan fingerprint density at radius 3 is 2.34 bits per heavy atom. The number of rotatable bonds is 4. The number of carbonyl (C=O) groups is 1. The second-order valence-corrected chi connectivity index (χ2v) is 7.53. The van der Waals surface area contributed by atoms with Crippen molar-refractivity contribution in [1.82, 2.24) is 4.90 Å². The fourth-order valence-electron chi connectivity index (χ4n) is 4.28. The van der Waals surface area contributed by atoms with Crippen molar-refractivity contribution in [3.63, 3.8) is 0 Å². The van der Waals surface area contributed by atoms with E-state index < -0.39 is 0 Å². The summed E-state index contributed by atoms with van der Waals surface area (Å²) in [6, 6.07) is 17.5. The molecule has 4 rings (SSSR count). The SMILES string of the molecule is COc1ccc(N2CCCN([C@H]3CCN(c4ccc(C#N)cc4)C3=O)CC2)cc1. The fraction of sp³-hybridized carbons (Fsp3) is 0.391. The maximum atomic E-state index is 13.1. The van der Waals surface area contributed by atoms with Crippen LogP contribution in [-0.2, 0) is 4.79 Å². The third kappa shape index (κ3) is 4.06. The van der Waals surface area contributed by atoms with E-state index in [0.29, 0.717) is 5.56 Å². The molecule has 2 saturated heterocycles. The highest BCUT2D eigenvalue weighted by Gasteiger charge is 2.37. The first-order valence-corrected chi connectivity index (χ1v) is 10.1. The van der Waals surface area contributed by atoms with Gasteiger partial charge in [-0.15, -0.1) is 0 Å². The number of methoxy groups -OCH3 is 1. The molecule has 150 valence electrons. The van der Waals surface area contributed by atoms with Crippen LogP contribution in [0.15, 0.2) is 48.5 Å². The summed E-state index contributed by atoms with van der Waals surface area (Å²) in [5, 5.41) is 8.97. The number of amides is 1. The Bertz CT molecular complexity index is 889. The second-order valence-electron chi connectivity index (χ2n) is 7.53. The van der Waals surface area contributed by atoms with E-state index in [-0.39, 0.29) is 11.9 Å². The van der Waals surface area contributed by atoms with Gasteiger partial charge in [0.25, 0.3) is 0 Å². The van der Waals surface area contributed by atoms with Crippen LogP contribution in [-0.4, -0.2) is 56.7 Å². The van der Waals surface area contributed by atoms with Gasteiger partial charge < -0.3 is 14.5 Å². The number of carbonyl (C=O) groups excluding carboxylic acids is 1. The zero-order valence-corrected chi connectivity index (χ0v) is 16.8. The van der Waals surface area contributed by atoms with Gasteiger partial charge in [-0.3, -0.25) is 9.69 Å². The van der Waals surface area contributed by atoms with Crippen LogP contribution in [0, 0.1) is 11.3 Å². The number of benzene rings is 2. The van der Waals surface area contributed by atoms with Gasteiger partial charge in [-0.2, -0.15) is 5.26 Å². The summed E-state index contributed by atoms with van der Waals surface area (Å²) in [6.45, 7) is 4.44. The first-order valence-electron chi connectivity index (χ1n) is 10.1. The third-order valence-corrected chi connectivity index (χ3v) is 5.89. The molecule has 0 aliphatic carbocycles. The molecule has 2 aliphatic rings. The van der Waals surface area contributed by atoms with Crippen molar-refractivity contribution in [2.45, 2.75) is 18.9 Å². The van der Waals surface area contributed by atoms with Gasteiger partial charge in [-0.05, 0) is 61.4 Å². The molecule has 2 fully saturated rings. The minimum atomic E-state index is -0.0542. The molecular weight excluding hydrogens is 364 g/mol. The minimum Gasteiger partial charge on any atom is -0.497 e. The Morgan fingerprint density at radius 2 is 1.66 bits per heavy atom. The van der Waals surface area contributed by atoms with E-state index in [0.717, 1.165) is 57.0 Å². The lowest BCUT2D eigenvalue weighted by molar-refractivity contribution is -0.121. The maximum Gasteiger partial charge on any atom is 0.244 e. The highest BCUT2D eigenvalue weighted by molar-refractivity contribution is 5.99. The molecule has 6 nitrogen and oxygen atoms in total.